The number of tetrazole rings is 1. The zero-order valence-electron chi connectivity index (χ0n) is 11.1. The van der Waals surface area contributed by atoms with Gasteiger partial charge in [0.05, 0.1) is 0 Å². The van der Waals surface area contributed by atoms with Crippen molar-refractivity contribution in [2.75, 3.05) is 5.73 Å². The summed E-state index contributed by atoms with van der Waals surface area (Å²) in [7, 11) is 0. The second kappa shape index (κ2) is 4.93. The molecule has 0 radical (unpaired) electrons. The molecule has 0 unspecified atom stereocenters. The normalized spacial score (nSPS) is 10.8. The van der Waals surface area contributed by atoms with E-state index in [2.05, 4.69) is 15.5 Å². The molecule has 3 rings (SSSR count). The van der Waals surface area contributed by atoms with Gasteiger partial charge in [0.25, 0.3) is 0 Å². The standard InChI is InChI=1S/C14H11F2N5/c1-8-2-5-13(11(16)6-8)21-14(18-19-20-21)10-7-9(15)3-4-12(10)17/h2-7H,17H2,1H3. The Balaban J connectivity index is 2.19. The van der Waals surface area contributed by atoms with E-state index >= 15 is 0 Å². The van der Waals surface area contributed by atoms with Crippen LogP contribution in [0.4, 0.5) is 14.5 Å². The van der Waals surface area contributed by atoms with E-state index in [1.54, 1.807) is 19.1 Å². The van der Waals surface area contributed by atoms with Crippen LogP contribution in [0.3, 0.4) is 0 Å². The molecule has 0 amide bonds. The van der Waals surface area contributed by atoms with Crippen LogP contribution in [0.1, 0.15) is 5.56 Å². The first-order valence-corrected chi connectivity index (χ1v) is 6.16. The summed E-state index contributed by atoms with van der Waals surface area (Å²) in [6, 6.07) is 8.52. The molecule has 0 aliphatic rings. The lowest BCUT2D eigenvalue weighted by atomic mass is 10.1. The van der Waals surface area contributed by atoms with Crippen molar-refractivity contribution in [3.05, 3.63) is 53.6 Å². The molecule has 0 saturated heterocycles. The number of rotatable bonds is 2. The van der Waals surface area contributed by atoms with E-state index in [9.17, 15) is 8.78 Å². The lowest BCUT2D eigenvalue weighted by Gasteiger charge is -2.08. The average molecular weight is 287 g/mol. The number of aryl methyl sites for hydroxylation is 1. The van der Waals surface area contributed by atoms with Crippen molar-refractivity contribution < 1.29 is 8.78 Å². The molecule has 3 aromatic rings. The molecule has 0 saturated carbocycles. The number of halogens is 2. The van der Waals surface area contributed by atoms with Crippen molar-refractivity contribution in [3.63, 3.8) is 0 Å². The molecule has 0 aliphatic heterocycles. The number of hydrogen-bond donors (Lipinski definition) is 1. The third-order valence-corrected chi connectivity index (χ3v) is 3.06. The molecule has 2 N–H and O–H groups in total. The van der Waals surface area contributed by atoms with E-state index in [1.165, 1.54) is 28.9 Å². The van der Waals surface area contributed by atoms with Crippen LogP contribution >= 0.6 is 0 Å². The highest BCUT2D eigenvalue weighted by Gasteiger charge is 2.16. The first-order chi connectivity index (χ1) is 10.1. The second-order valence-electron chi connectivity index (χ2n) is 4.60. The van der Waals surface area contributed by atoms with Gasteiger partial charge in [0.15, 0.2) is 5.82 Å². The number of anilines is 1. The van der Waals surface area contributed by atoms with Gasteiger partial charge in [-0.1, -0.05) is 6.07 Å². The Labute approximate surface area is 119 Å². The monoisotopic (exact) mass is 287 g/mol. The number of nitrogens with zero attached hydrogens (tertiary/aromatic N) is 4. The minimum Gasteiger partial charge on any atom is -0.398 e. The SMILES string of the molecule is Cc1ccc(-n2nnnc2-c2cc(F)ccc2N)c(F)c1. The van der Waals surface area contributed by atoms with Gasteiger partial charge in [0.1, 0.15) is 17.3 Å². The molecule has 0 atom stereocenters. The predicted octanol–water partition coefficient (Wildman–Crippen LogP) is 2.50. The molecule has 5 nitrogen and oxygen atoms in total. The van der Waals surface area contributed by atoms with E-state index in [-0.39, 0.29) is 11.5 Å². The van der Waals surface area contributed by atoms with Gasteiger partial charge < -0.3 is 5.73 Å². The van der Waals surface area contributed by atoms with Crippen LogP contribution in [-0.2, 0) is 0 Å². The first-order valence-electron chi connectivity index (χ1n) is 6.16. The third-order valence-electron chi connectivity index (χ3n) is 3.06. The molecule has 7 heteroatoms. The molecule has 0 bridgehead atoms. The van der Waals surface area contributed by atoms with Crippen molar-refractivity contribution in [1.82, 2.24) is 20.2 Å². The highest BCUT2D eigenvalue weighted by Crippen LogP contribution is 2.27. The van der Waals surface area contributed by atoms with E-state index in [0.717, 1.165) is 5.56 Å². The maximum atomic E-state index is 14.1. The largest absolute Gasteiger partial charge is 0.398 e. The van der Waals surface area contributed by atoms with E-state index in [0.29, 0.717) is 11.3 Å². The highest BCUT2D eigenvalue weighted by atomic mass is 19.1. The fourth-order valence-electron chi connectivity index (χ4n) is 2.02. The number of aromatic nitrogens is 4. The lowest BCUT2D eigenvalue weighted by Crippen LogP contribution is -2.04. The Bertz CT molecular complexity index is 813. The minimum absolute atomic E-state index is 0.171. The molecule has 106 valence electrons. The first kappa shape index (κ1) is 13.2. The predicted molar refractivity (Wildman–Crippen MR) is 73.7 cm³/mol. The Morgan fingerprint density at radius 2 is 1.90 bits per heavy atom. The summed E-state index contributed by atoms with van der Waals surface area (Å²) in [4.78, 5) is 0. The summed E-state index contributed by atoms with van der Waals surface area (Å²) >= 11 is 0. The van der Waals surface area contributed by atoms with Gasteiger partial charge in [-0.05, 0) is 53.2 Å². The van der Waals surface area contributed by atoms with Crippen LogP contribution in [-0.4, -0.2) is 20.2 Å². The van der Waals surface area contributed by atoms with Gasteiger partial charge in [0, 0.05) is 11.3 Å². The summed E-state index contributed by atoms with van der Waals surface area (Å²) in [6.45, 7) is 1.78. The van der Waals surface area contributed by atoms with Crippen LogP contribution < -0.4 is 5.73 Å². The molecule has 21 heavy (non-hydrogen) atoms. The van der Waals surface area contributed by atoms with Crippen molar-refractivity contribution in [3.8, 4) is 17.1 Å². The van der Waals surface area contributed by atoms with Crippen LogP contribution in [0, 0.1) is 18.6 Å². The molecule has 0 fully saturated rings. The molecule has 0 spiro atoms. The van der Waals surface area contributed by atoms with Gasteiger partial charge in [-0.3, -0.25) is 0 Å². The van der Waals surface area contributed by atoms with Crippen molar-refractivity contribution in [1.29, 1.82) is 0 Å². The van der Waals surface area contributed by atoms with Gasteiger partial charge >= 0.3 is 0 Å². The number of nitrogens with two attached hydrogens (primary N) is 1. The topological polar surface area (TPSA) is 69.6 Å². The summed E-state index contributed by atoms with van der Waals surface area (Å²) in [6.07, 6.45) is 0. The Morgan fingerprint density at radius 3 is 2.67 bits per heavy atom. The molecule has 2 aromatic carbocycles. The van der Waals surface area contributed by atoms with E-state index in [1.807, 2.05) is 0 Å². The zero-order chi connectivity index (χ0) is 15.0. The Hall–Kier alpha value is -2.83. The average Bonchev–Trinajstić information content (AvgIpc) is 2.90. The maximum absolute atomic E-state index is 14.1. The molecule has 1 heterocycles. The smallest absolute Gasteiger partial charge is 0.189 e. The van der Waals surface area contributed by atoms with Gasteiger partial charge in [-0.2, -0.15) is 4.68 Å². The Morgan fingerprint density at radius 1 is 1.10 bits per heavy atom. The zero-order valence-corrected chi connectivity index (χ0v) is 11.1. The van der Waals surface area contributed by atoms with Crippen molar-refractivity contribution in [2.45, 2.75) is 6.92 Å². The number of benzene rings is 2. The number of nitrogen functional groups attached to an aromatic ring is 1. The van der Waals surface area contributed by atoms with Crippen LogP contribution in [0.15, 0.2) is 36.4 Å². The lowest BCUT2D eigenvalue weighted by molar-refractivity contribution is 0.606. The van der Waals surface area contributed by atoms with Gasteiger partial charge in [-0.25, -0.2) is 8.78 Å². The van der Waals surface area contributed by atoms with Crippen molar-refractivity contribution in [2.24, 2.45) is 0 Å². The third kappa shape index (κ3) is 2.33. The summed E-state index contributed by atoms with van der Waals surface area (Å²) < 4.78 is 28.7. The highest BCUT2D eigenvalue weighted by molar-refractivity contribution is 5.72. The Kier molecular flexibility index (Phi) is 3.09. The molecule has 0 aliphatic carbocycles. The minimum atomic E-state index is -0.474. The molecular formula is C14H11F2N5. The molecular weight excluding hydrogens is 276 g/mol. The summed E-state index contributed by atoms with van der Waals surface area (Å²) in [5.74, 6) is -0.772. The molecule has 1 aromatic heterocycles. The van der Waals surface area contributed by atoms with Crippen molar-refractivity contribution >= 4 is 5.69 Å². The van der Waals surface area contributed by atoms with Crippen LogP contribution in [0.2, 0.25) is 0 Å². The van der Waals surface area contributed by atoms with Gasteiger partial charge in [0.2, 0.25) is 0 Å². The maximum Gasteiger partial charge on any atom is 0.189 e. The van der Waals surface area contributed by atoms with Crippen LogP contribution in [0.25, 0.3) is 17.1 Å². The van der Waals surface area contributed by atoms with Crippen LogP contribution in [0.5, 0.6) is 0 Å². The number of hydrogen-bond acceptors (Lipinski definition) is 4. The quantitative estimate of drug-likeness (QED) is 0.735. The fraction of sp³-hybridized carbons (Fsp3) is 0.0714. The second-order valence-corrected chi connectivity index (χ2v) is 4.60. The van der Waals surface area contributed by atoms with E-state index < -0.39 is 11.6 Å². The summed E-state index contributed by atoms with van der Waals surface area (Å²) in [5, 5.41) is 11.1. The fourth-order valence-corrected chi connectivity index (χ4v) is 2.02. The summed E-state index contributed by atoms with van der Waals surface area (Å²) in [5.41, 5.74) is 7.38. The van der Waals surface area contributed by atoms with Gasteiger partial charge in [-0.15, -0.1) is 5.10 Å². The van der Waals surface area contributed by atoms with E-state index in [4.69, 9.17) is 5.73 Å².